The molecule has 1 heterocycles. The molecule has 7 heteroatoms. The van der Waals surface area contributed by atoms with Crippen LogP contribution in [0.3, 0.4) is 0 Å². The highest BCUT2D eigenvalue weighted by atomic mass is 16.3. The highest BCUT2D eigenvalue weighted by Crippen LogP contribution is 2.63. The Morgan fingerprint density at radius 2 is 2.14 bits per heavy atom. The molecule has 1 amide bonds. The van der Waals surface area contributed by atoms with E-state index in [4.69, 9.17) is 0 Å². The lowest BCUT2D eigenvalue weighted by atomic mass is 9.70. The van der Waals surface area contributed by atoms with Crippen LogP contribution >= 0.6 is 0 Å². The monoisotopic (exact) mass is 397 g/mol. The highest BCUT2D eigenvalue weighted by Gasteiger charge is 2.60. The Balaban J connectivity index is 1.52. The van der Waals surface area contributed by atoms with E-state index in [9.17, 15) is 9.90 Å². The number of para-hydroxylation sites is 2. The van der Waals surface area contributed by atoms with Gasteiger partial charge in [0.2, 0.25) is 5.95 Å². The number of aliphatic hydroxyl groups excluding tert-OH is 1. The van der Waals surface area contributed by atoms with Crippen LogP contribution in [-0.2, 0) is 11.3 Å². The zero-order chi connectivity index (χ0) is 20.8. The van der Waals surface area contributed by atoms with Crippen molar-refractivity contribution in [3.05, 3.63) is 24.3 Å². The van der Waals surface area contributed by atoms with Gasteiger partial charge in [-0.2, -0.15) is 5.10 Å². The molecule has 1 aromatic heterocycles. The first-order chi connectivity index (χ1) is 13.7. The van der Waals surface area contributed by atoms with Crippen molar-refractivity contribution in [2.24, 2.45) is 21.8 Å². The molecule has 0 spiro atoms. The summed E-state index contributed by atoms with van der Waals surface area (Å²) in [5.41, 5.74) is 5.89. The van der Waals surface area contributed by atoms with E-state index in [2.05, 4.69) is 41.6 Å². The van der Waals surface area contributed by atoms with Crippen molar-refractivity contribution in [2.75, 3.05) is 11.9 Å². The second kappa shape index (κ2) is 7.13. The maximum atomic E-state index is 12.7. The largest absolute Gasteiger partial charge is 0.392 e. The van der Waals surface area contributed by atoms with E-state index in [1.165, 1.54) is 6.42 Å². The molecule has 1 aromatic carbocycles. The fourth-order valence-electron chi connectivity index (χ4n) is 5.02. The van der Waals surface area contributed by atoms with Crippen LogP contribution in [0.2, 0.25) is 0 Å². The first-order valence-corrected chi connectivity index (χ1v) is 10.5. The number of anilines is 1. The molecule has 2 bridgehead atoms. The van der Waals surface area contributed by atoms with Crippen molar-refractivity contribution in [3.8, 4) is 0 Å². The second-order valence-electron chi connectivity index (χ2n) is 9.33. The van der Waals surface area contributed by atoms with Gasteiger partial charge in [0.05, 0.1) is 17.1 Å². The number of amides is 1. The van der Waals surface area contributed by atoms with Crippen molar-refractivity contribution in [3.63, 3.8) is 0 Å². The van der Waals surface area contributed by atoms with E-state index in [1.54, 1.807) is 6.92 Å². The highest BCUT2D eigenvalue weighted by molar-refractivity contribution is 5.95. The third kappa shape index (κ3) is 3.31. The average molecular weight is 398 g/mol. The van der Waals surface area contributed by atoms with E-state index >= 15 is 0 Å². The minimum Gasteiger partial charge on any atom is -0.392 e. The van der Waals surface area contributed by atoms with Crippen molar-refractivity contribution in [2.45, 2.75) is 59.6 Å². The van der Waals surface area contributed by atoms with Gasteiger partial charge in [-0.25, -0.2) is 10.4 Å². The summed E-state index contributed by atoms with van der Waals surface area (Å²) in [6.07, 6.45) is 2.85. The van der Waals surface area contributed by atoms with Crippen molar-refractivity contribution in [1.29, 1.82) is 0 Å². The van der Waals surface area contributed by atoms with Crippen LogP contribution in [0.15, 0.2) is 29.4 Å². The van der Waals surface area contributed by atoms with E-state index in [-0.39, 0.29) is 23.3 Å². The molecule has 0 saturated heterocycles. The van der Waals surface area contributed by atoms with Gasteiger partial charge in [-0.05, 0) is 49.7 Å². The summed E-state index contributed by atoms with van der Waals surface area (Å²) in [6, 6.07) is 7.70. The number of nitrogens with zero attached hydrogens (tertiary/aromatic N) is 3. The molecule has 0 radical (unpaired) electrons. The zero-order valence-electron chi connectivity index (χ0n) is 17.7. The lowest BCUT2D eigenvalue weighted by molar-refractivity contribution is -0.121. The average Bonchev–Trinajstić information content (AvgIpc) is 3.20. The van der Waals surface area contributed by atoms with E-state index < -0.39 is 6.10 Å². The van der Waals surface area contributed by atoms with E-state index in [1.807, 2.05) is 28.8 Å². The van der Waals surface area contributed by atoms with Crippen molar-refractivity contribution in [1.82, 2.24) is 15.0 Å². The second-order valence-corrected chi connectivity index (χ2v) is 9.33. The van der Waals surface area contributed by atoms with E-state index in [0.29, 0.717) is 18.4 Å². The fourth-order valence-corrected chi connectivity index (χ4v) is 5.02. The number of carbonyl (C=O) groups is 1. The smallest absolute Gasteiger partial charge is 0.260 e. The third-order valence-electron chi connectivity index (χ3n) is 7.34. The Hall–Kier alpha value is -2.41. The van der Waals surface area contributed by atoms with Gasteiger partial charge in [-0.3, -0.25) is 4.79 Å². The molecule has 2 fully saturated rings. The molecular formula is C22H31N5O2. The standard InChI is InChI=1S/C22H31N5O2/c1-14(28)12-23-20-24-16-7-5-6-8-17(16)27(20)13-19(29)26-25-18-11-15-9-10-22(18,4)21(15,2)3/h5-8,14-15,28H,9-13H2,1-4H3,(H,23,24)(H,26,29). The Bertz CT molecular complexity index is 961. The molecule has 0 aliphatic heterocycles. The maximum absolute atomic E-state index is 12.7. The fraction of sp³-hybridized carbons (Fsp3) is 0.591. The minimum atomic E-state index is -0.509. The molecule has 3 unspecified atom stereocenters. The van der Waals surface area contributed by atoms with Gasteiger partial charge in [-0.15, -0.1) is 0 Å². The molecule has 2 aliphatic carbocycles. The number of fused-ring (bicyclic) bond motifs is 3. The molecule has 3 N–H and O–H groups in total. The number of rotatable bonds is 6. The van der Waals surface area contributed by atoms with Gasteiger partial charge in [-0.1, -0.05) is 32.9 Å². The molecule has 156 valence electrons. The number of aliphatic hydroxyl groups is 1. The predicted molar refractivity (Wildman–Crippen MR) is 115 cm³/mol. The molecule has 2 aliphatic rings. The lowest BCUT2D eigenvalue weighted by Crippen LogP contribution is -2.34. The SMILES string of the molecule is CC(O)CNc1nc2ccccc2n1CC(=O)NN=C1CC2CCC1(C)C2(C)C. The maximum Gasteiger partial charge on any atom is 0.260 e. The summed E-state index contributed by atoms with van der Waals surface area (Å²) in [6.45, 7) is 9.12. The number of imidazole rings is 1. The first-order valence-electron chi connectivity index (χ1n) is 10.5. The van der Waals surface area contributed by atoms with Crippen LogP contribution < -0.4 is 10.7 Å². The van der Waals surface area contributed by atoms with Gasteiger partial charge in [0.25, 0.3) is 5.91 Å². The Kier molecular flexibility index (Phi) is 4.89. The number of benzene rings is 1. The van der Waals surface area contributed by atoms with Gasteiger partial charge in [0.15, 0.2) is 0 Å². The third-order valence-corrected chi connectivity index (χ3v) is 7.34. The summed E-state index contributed by atoms with van der Waals surface area (Å²) in [7, 11) is 0. The molecule has 2 aromatic rings. The normalized spacial score (nSPS) is 27.5. The number of aromatic nitrogens is 2. The number of hydrogen-bond donors (Lipinski definition) is 3. The number of carbonyl (C=O) groups excluding carboxylic acids is 1. The van der Waals surface area contributed by atoms with Gasteiger partial charge in [0, 0.05) is 17.7 Å². The molecular weight excluding hydrogens is 366 g/mol. The van der Waals surface area contributed by atoms with Crippen molar-refractivity contribution < 1.29 is 9.90 Å². The quantitative estimate of drug-likeness (QED) is 0.653. The van der Waals surface area contributed by atoms with Gasteiger partial charge >= 0.3 is 0 Å². The Labute approximate surface area is 171 Å². The summed E-state index contributed by atoms with van der Waals surface area (Å²) in [5, 5.41) is 17.3. The Morgan fingerprint density at radius 3 is 2.79 bits per heavy atom. The lowest BCUT2D eigenvalue weighted by Gasteiger charge is -2.34. The van der Waals surface area contributed by atoms with Crippen LogP contribution in [0.1, 0.15) is 47.0 Å². The molecule has 4 rings (SSSR count). The molecule has 3 atom stereocenters. The predicted octanol–water partition coefficient (Wildman–Crippen LogP) is 3.15. The summed E-state index contributed by atoms with van der Waals surface area (Å²) in [4.78, 5) is 17.3. The minimum absolute atomic E-state index is 0.0661. The van der Waals surface area contributed by atoms with Crippen molar-refractivity contribution >= 4 is 28.6 Å². The number of hydrogen-bond acceptors (Lipinski definition) is 5. The van der Waals surface area contributed by atoms with E-state index in [0.717, 1.165) is 29.6 Å². The number of nitrogens with one attached hydrogen (secondary N) is 2. The van der Waals surface area contributed by atoms with Crippen LogP contribution in [0.5, 0.6) is 0 Å². The topological polar surface area (TPSA) is 91.5 Å². The molecule has 2 saturated carbocycles. The summed E-state index contributed by atoms with van der Waals surface area (Å²) >= 11 is 0. The van der Waals surface area contributed by atoms with Gasteiger partial charge in [0.1, 0.15) is 6.54 Å². The van der Waals surface area contributed by atoms with Crippen LogP contribution in [0, 0.1) is 16.7 Å². The first kappa shape index (κ1) is 19.9. The Morgan fingerprint density at radius 1 is 1.38 bits per heavy atom. The molecule has 7 nitrogen and oxygen atoms in total. The van der Waals surface area contributed by atoms with Crippen LogP contribution in [-0.4, -0.2) is 38.9 Å². The number of hydrazone groups is 1. The molecule has 29 heavy (non-hydrogen) atoms. The van der Waals surface area contributed by atoms with Crippen LogP contribution in [0.25, 0.3) is 11.0 Å². The van der Waals surface area contributed by atoms with Gasteiger partial charge < -0.3 is 15.0 Å². The van der Waals surface area contributed by atoms with Crippen LogP contribution in [0.4, 0.5) is 5.95 Å². The summed E-state index contributed by atoms with van der Waals surface area (Å²) < 4.78 is 1.83. The summed E-state index contributed by atoms with van der Waals surface area (Å²) in [5.74, 6) is 1.05. The zero-order valence-corrected chi connectivity index (χ0v) is 17.7.